The van der Waals surface area contributed by atoms with Gasteiger partial charge in [0, 0.05) is 24.5 Å². The highest BCUT2D eigenvalue weighted by molar-refractivity contribution is 7.89. The van der Waals surface area contributed by atoms with Gasteiger partial charge >= 0.3 is 0 Å². The van der Waals surface area contributed by atoms with Gasteiger partial charge in [-0.2, -0.15) is 4.31 Å². The predicted molar refractivity (Wildman–Crippen MR) is 128 cm³/mol. The van der Waals surface area contributed by atoms with Gasteiger partial charge in [-0.25, -0.2) is 8.42 Å². The van der Waals surface area contributed by atoms with Crippen LogP contribution < -0.4 is 0 Å². The second-order valence-electron chi connectivity index (χ2n) is 8.88. The van der Waals surface area contributed by atoms with Crippen LogP contribution in [0.2, 0.25) is 0 Å². The quantitative estimate of drug-likeness (QED) is 0.453. The highest BCUT2D eigenvalue weighted by Crippen LogP contribution is 2.30. The van der Waals surface area contributed by atoms with Crippen LogP contribution in [0.4, 0.5) is 0 Å². The van der Waals surface area contributed by atoms with E-state index in [1.165, 1.54) is 5.56 Å². The molecule has 0 saturated heterocycles. The summed E-state index contributed by atoms with van der Waals surface area (Å²) in [5.41, 5.74) is 4.87. The van der Waals surface area contributed by atoms with Gasteiger partial charge in [0.15, 0.2) is 0 Å². The van der Waals surface area contributed by atoms with E-state index in [0.717, 1.165) is 28.9 Å². The van der Waals surface area contributed by atoms with Crippen molar-refractivity contribution < 1.29 is 8.42 Å². The predicted octanol–water partition coefficient (Wildman–Crippen LogP) is 5.70. The lowest BCUT2D eigenvalue weighted by atomic mass is 10.1. The van der Waals surface area contributed by atoms with E-state index < -0.39 is 10.0 Å². The molecule has 0 N–H and O–H groups in total. The summed E-state index contributed by atoms with van der Waals surface area (Å²) < 4.78 is 31.7. The van der Waals surface area contributed by atoms with Crippen molar-refractivity contribution in [3.63, 3.8) is 0 Å². The van der Waals surface area contributed by atoms with Gasteiger partial charge in [-0.1, -0.05) is 61.9 Å². The van der Waals surface area contributed by atoms with Gasteiger partial charge in [-0.15, -0.1) is 0 Å². The maximum Gasteiger partial charge on any atom is 0.244 e. The van der Waals surface area contributed by atoms with Crippen LogP contribution >= 0.6 is 0 Å². The lowest BCUT2D eigenvalue weighted by molar-refractivity contribution is 0.265. The average Bonchev–Trinajstić information content (AvgIpc) is 3.11. The van der Waals surface area contributed by atoms with Crippen molar-refractivity contribution in [1.82, 2.24) is 8.87 Å². The number of aromatic nitrogens is 1. The third-order valence-electron chi connectivity index (χ3n) is 6.03. The molecule has 0 amide bonds. The molecule has 0 spiro atoms. The maximum atomic E-state index is 13.9. The van der Waals surface area contributed by atoms with E-state index in [9.17, 15) is 8.42 Å². The highest BCUT2D eigenvalue weighted by atomic mass is 32.2. The van der Waals surface area contributed by atoms with Crippen LogP contribution in [-0.4, -0.2) is 23.3 Å². The first-order valence-electron chi connectivity index (χ1n) is 10.9. The van der Waals surface area contributed by atoms with Crippen molar-refractivity contribution in [3.05, 3.63) is 88.7 Å². The van der Waals surface area contributed by atoms with E-state index in [-0.39, 0.29) is 12.0 Å². The molecule has 1 unspecified atom stereocenters. The monoisotopic (exact) mass is 438 g/mol. The van der Waals surface area contributed by atoms with Gasteiger partial charge in [0.2, 0.25) is 10.0 Å². The van der Waals surface area contributed by atoms with Crippen LogP contribution in [-0.2, 0) is 23.1 Å². The van der Waals surface area contributed by atoms with Crippen LogP contribution in [0.3, 0.4) is 0 Å². The molecule has 0 aliphatic carbocycles. The Kier molecular flexibility index (Phi) is 7.07. The summed E-state index contributed by atoms with van der Waals surface area (Å²) in [5, 5.41) is 0. The largest absolute Gasteiger partial charge is 0.346 e. The lowest BCUT2D eigenvalue weighted by Crippen LogP contribution is -2.41. The molecule has 5 heteroatoms. The molecule has 3 aromatic rings. The second-order valence-corrected chi connectivity index (χ2v) is 10.7. The van der Waals surface area contributed by atoms with Gasteiger partial charge < -0.3 is 4.57 Å². The van der Waals surface area contributed by atoms with Crippen molar-refractivity contribution in [1.29, 1.82) is 0 Å². The Labute approximate surface area is 187 Å². The summed E-state index contributed by atoms with van der Waals surface area (Å²) in [6.45, 7) is 13.0. The first-order valence-corrected chi connectivity index (χ1v) is 12.3. The number of aryl methyl sites for hydroxylation is 3. The molecular weight excluding hydrogens is 404 g/mol. The minimum Gasteiger partial charge on any atom is -0.346 e. The Hall–Kier alpha value is -2.37. The number of benzene rings is 2. The number of hydrogen-bond acceptors (Lipinski definition) is 2. The summed E-state index contributed by atoms with van der Waals surface area (Å²) in [5.74, 6) is 0.193. The molecule has 1 aromatic heterocycles. The molecule has 0 saturated carbocycles. The highest BCUT2D eigenvalue weighted by Gasteiger charge is 2.33. The van der Waals surface area contributed by atoms with E-state index >= 15 is 0 Å². The molecule has 31 heavy (non-hydrogen) atoms. The van der Waals surface area contributed by atoms with Crippen molar-refractivity contribution in [2.24, 2.45) is 5.92 Å². The van der Waals surface area contributed by atoms with Crippen LogP contribution in [0.25, 0.3) is 0 Å². The molecule has 0 bridgehead atoms. The lowest BCUT2D eigenvalue weighted by Gasteiger charge is -2.32. The Morgan fingerprint density at radius 1 is 0.903 bits per heavy atom. The summed E-state index contributed by atoms with van der Waals surface area (Å²) in [6, 6.07) is 18.0. The third kappa shape index (κ3) is 5.10. The first kappa shape index (κ1) is 23.3. The van der Waals surface area contributed by atoms with Gasteiger partial charge in [0.1, 0.15) is 0 Å². The molecule has 1 atom stereocenters. The minimum absolute atomic E-state index is 0.134. The zero-order chi connectivity index (χ0) is 22.8. The molecule has 1 heterocycles. The molecular formula is C26H34N2O2S. The molecule has 0 aliphatic rings. The molecule has 4 nitrogen and oxygen atoms in total. The van der Waals surface area contributed by atoms with E-state index in [4.69, 9.17) is 0 Å². The van der Waals surface area contributed by atoms with Crippen molar-refractivity contribution >= 4 is 10.0 Å². The standard InChI is InChI=1S/C26H34N2O2S/c1-19(2)23(6)28(31(29,30)26-21(4)15-20(3)16-22(26)5)18-25-13-10-14-27(25)17-24-11-8-7-9-12-24/h7-16,19,23H,17-18H2,1-6H3. The molecule has 3 rings (SSSR count). The molecule has 0 aliphatic heterocycles. The SMILES string of the molecule is Cc1cc(C)c(S(=O)(=O)N(Cc2cccn2Cc2ccccc2)C(C)C(C)C)c(C)c1. The second kappa shape index (κ2) is 9.41. The Morgan fingerprint density at radius 3 is 2.10 bits per heavy atom. The summed E-state index contributed by atoms with van der Waals surface area (Å²) in [4.78, 5) is 0.437. The van der Waals surface area contributed by atoms with Crippen LogP contribution in [0.1, 0.15) is 48.7 Å². The zero-order valence-electron chi connectivity index (χ0n) is 19.5. The molecule has 0 fully saturated rings. The van der Waals surface area contributed by atoms with Gasteiger partial charge in [-0.05, 0) is 62.4 Å². The Bertz CT molecular complexity index is 1110. The van der Waals surface area contributed by atoms with Crippen LogP contribution in [0, 0.1) is 26.7 Å². The molecule has 0 radical (unpaired) electrons. The number of hydrogen-bond donors (Lipinski definition) is 0. The van der Waals surface area contributed by atoms with Crippen LogP contribution in [0.5, 0.6) is 0 Å². The molecule has 166 valence electrons. The fourth-order valence-corrected chi connectivity index (χ4v) is 6.31. The van der Waals surface area contributed by atoms with Gasteiger partial charge in [-0.3, -0.25) is 0 Å². The van der Waals surface area contributed by atoms with E-state index in [2.05, 4.69) is 30.5 Å². The van der Waals surface area contributed by atoms with Crippen molar-refractivity contribution in [2.75, 3.05) is 0 Å². The first-order chi connectivity index (χ1) is 14.6. The zero-order valence-corrected chi connectivity index (χ0v) is 20.3. The maximum absolute atomic E-state index is 13.9. The number of rotatable bonds is 8. The Morgan fingerprint density at radius 2 is 1.52 bits per heavy atom. The smallest absolute Gasteiger partial charge is 0.244 e. The number of nitrogens with zero attached hydrogens (tertiary/aromatic N) is 2. The average molecular weight is 439 g/mol. The minimum atomic E-state index is -3.67. The van der Waals surface area contributed by atoms with E-state index in [0.29, 0.717) is 11.4 Å². The fraction of sp³-hybridized carbons (Fsp3) is 0.385. The van der Waals surface area contributed by atoms with Crippen molar-refractivity contribution in [3.8, 4) is 0 Å². The summed E-state index contributed by atoms with van der Waals surface area (Å²) in [7, 11) is -3.67. The van der Waals surface area contributed by atoms with Gasteiger partial charge in [0.25, 0.3) is 0 Å². The van der Waals surface area contributed by atoms with Crippen molar-refractivity contribution in [2.45, 2.75) is 65.6 Å². The normalized spacial score (nSPS) is 13.2. The topological polar surface area (TPSA) is 42.3 Å². The summed E-state index contributed by atoms with van der Waals surface area (Å²) >= 11 is 0. The molecule has 2 aromatic carbocycles. The third-order valence-corrected chi connectivity index (χ3v) is 8.27. The van der Waals surface area contributed by atoms with Crippen LogP contribution in [0.15, 0.2) is 65.7 Å². The Balaban J connectivity index is 2.02. The van der Waals surface area contributed by atoms with E-state index in [1.54, 1.807) is 4.31 Å². The summed E-state index contributed by atoms with van der Waals surface area (Å²) in [6.07, 6.45) is 2.02. The van der Waals surface area contributed by atoms with Gasteiger partial charge in [0.05, 0.1) is 11.4 Å². The number of sulfonamides is 1. The van der Waals surface area contributed by atoms with E-state index in [1.807, 2.05) is 76.4 Å². The fourth-order valence-electron chi connectivity index (χ4n) is 4.16.